The smallest absolute Gasteiger partial charge is 0.273 e. The molecule has 7 heteroatoms. The van der Waals surface area contributed by atoms with Crippen molar-refractivity contribution in [2.45, 2.75) is 89.9 Å². The van der Waals surface area contributed by atoms with Gasteiger partial charge in [-0.05, 0) is 43.5 Å². The zero-order valence-electron chi connectivity index (χ0n) is 19.4. The van der Waals surface area contributed by atoms with Crippen LogP contribution in [0.4, 0.5) is 4.39 Å². The molecule has 2 aliphatic rings. The standard InChI is InChI=1S/C25H33FN4O2/c1-24(2,3)21-14-20-22(31)29(15-17-10-12-18(26)13-11-17)25(4,16-30(20)28-21)23(32)27-19-8-6-5-7-9-19/h10-14,19H,5-9,15-16H2,1-4H3,(H,27,32)/t25-/m1/s1. The first-order valence-electron chi connectivity index (χ1n) is 11.5. The number of carbonyl (C=O) groups excluding carboxylic acids is 2. The van der Waals surface area contributed by atoms with E-state index in [-0.39, 0.29) is 42.2 Å². The molecule has 1 atom stereocenters. The van der Waals surface area contributed by atoms with Crippen molar-refractivity contribution in [2.75, 3.05) is 0 Å². The SMILES string of the molecule is CC(C)(C)c1cc2n(n1)C[C@](C)(C(=O)NC1CCCCC1)N(Cc1ccc(F)cc1)C2=O. The summed E-state index contributed by atoms with van der Waals surface area (Å²) < 4.78 is 15.1. The lowest BCUT2D eigenvalue weighted by Gasteiger charge is -2.44. The minimum absolute atomic E-state index is 0.139. The van der Waals surface area contributed by atoms with E-state index in [2.05, 4.69) is 31.2 Å². The molecule has 2 aromatic rings. The number of benzene rings is 1. The van der Waals surface area contributed by atoms with E-state index in [0.29, 0.717) is 5.69 Å². The first-order chi connectivity index (χ1) is 15.1. The monoisotopic (exact) mass is 440 g/mol. The van der Waals surface area contributed by atoms with Crippen LogP contribution >= 0.6 is 0 Å². The van der Waals surface area contributed by atoms with Crippen molar-refractivity contribution in [2.24, 2.45) is 0 Å². The number of fused-ring (bicyclic) bond motifs is 1. The van der Waals surface area contributed by atoms with Gasteiger partial charge in [0.25, 0.3) is 5.91 Å². The molecule has 0 spiro atoms. The molecule has 0 bridgehead atoms. The number of nitrogens with zero attached hydrogens (tertiary/aromatic N) is 3. The quantitative estimate of drug-likeness (QED) is 0.776. The van der Waals surface area contributed by atoms with Crippen molar-refractivity contribution in [3.63, 3.8) is 0 Å². The predicted molar refractivity (Wildman–Crippen MR) is 121 cm³/mol. The maximum atomic E-state index is 13.7. The van der Waals surface area contributed by atoms with Crippen LogP contribution in [-0.4, -0.2) is 38.1 Å². The molecule has 32 heavy (non-hydrogen) atoms. The first-order valence-corrected chi connectivity index (χ1v) is 11.5. The Morgan fingerprint density at radius 3 is 2.47 bits per heavy atom. The van der Waals surface area contributed by atoms with Gasteiger partial charge in [-0.2, -0.15) is 5.10 Å². The zero-order chi connectivity index (χ0) is 23.1. The summed E-state index contributed by atoms with van der Waals surface area (Å²) >= 11 is 0. The highest BCUT2D eigenvalue weighted by atomic mass is 19.1. The van der Waals surface area contributed by atoms with E-state index in [1.165, 1.54) is 18.6 Å². The third-order valence-corrected chi connectivity index (χ3v) is 6.75. The minimum Gasteiger partial charge on any atom is -0.351 e. The third-order valence-electron chi connectivity index (χ3n) is 6.75. The Morgan fingerprint density at radius 1 is 1.19 bits per heavy atom. The average molecular weight is 441 g/mol. The van der Waals surface area contributed by atoms with Crippen molar-refractivity contribution < 1.29 is 14.0 Å². The number of rotatable bonds is 4. The van der Waals surface area contributed by atoms with Gasteiger partial charge in [0.2, 0.25) is 5.91 Å². The normalized spacial score (nSPS) is 22.0. The van der Waals surface area contributed by atoms with Crippen LogP contribution in [-0.2, 0) is 23.3 Å². The van der Waals surface area contributed by atoms with Gasteiger partial charge in [-0.1, -0.05) is 52.2 Å². The molecule has 1 aromatic heterocycles. The molecule has 172 valence electrons. The number of hydrogen-bond donors (Lipinski definition) is 1. The van der Waals surface area contributed by atoms with Crippen LogP contribution in [0.3, 0.4) is 0 Å². The maximum Gasteiger partial charge on any atom is 0.273 e. The Labute approximate surface area is 189 Å². The van der Waals surface area contributed by atoms with Crippen molar-refractivity contribution in [1.82, 2.24) is 20.0 Å². The summed E-state index contributed by atoms with van der Waals surface area (Å²) in [5.41, 5.74) is 0.768. The van der Waals surface area contributed by atoms with Gasteiger partial charge in [0.05, 0.1) is 12.2 Å². The molecule has 0 saturated heterocycles. The summed E-state index contributed by atoms with van der Waals surface area (Å²) in [6.45, 7) is 8.48. The summed E-state index contributed by atoms with van der Waals surface area (Å²) in [4.78, 5) is 28.9. The Hall–Kier alpha value is -2.70. The molecule has 0 radical (unpaired) electrons. The van der Waals surface area contributed by atoms with Crippen LogP contribution in [0.15, 0.2) is 30.3 Å². The lowest BCUT2D eigenvalue weighted by molar-refractivity contribution is -0.134. The maximum absolute atomic E-state index is 13.7. The Kier molecular flexibility index (Phi) is 5.86. The molecule has 1 N–H and O–H groups in total. The van der Waals surface area contributed by atoms with E-state index in [4.69, 9.17) is 0 Å². The summed E-state index contributed by atoms with van der Waals surface area (Å²) in [5, 5.41) is 7.90. The molecule has 0 unspecified atom stereocenters. The van der Waals surface area contributed by atoms with Crippen molar-refractivity contribution >= 4 is 11.8 Å². The molecule has 6 nitrogen and oxygen atoms in total. The Morgan fingerprint density at radius 2 is 1.84 bits per heavy atom. The lowest BCUT2D eigenvalue weighted by Crippen LogP contribution is -2.64. The number of hydrogen-bond acceptors (Lipinski definition) is 3. The number of halogens is 1. The third kappa shape index (κ3) is 4.30. The Bertz CT molecular complexity index is 1000. The van der Waals surface area contributed by atoms with E-state index >= 15 is 0 Å². The van der Waals surface area contributed by atoms with Gasteiger partial charge in [-0.25, -0.2) is 4.39 Å². The number of nitrogens with one attached hydrogen (secondary N) is 1. The Balaban J connectivity index is 1.70. The van der Waals surface area contributed by atoms with E-state index in [1.807, 2.05) is 13.0 Å². The van der Waals surface area contributed by atoms with Crippen LogP contribution in [0, 0.1) is 5.82 Å². The molecule has 1 aliphatic heterocycles. The molecule has 1 aromatic carbocycles. The highest BCUT2D eigenvalue weighted by molar-refractivity contribution is 5.99. The summed E-state index contributed by atoms with van der Waals surface area (Å²) in [6.07, 6.45) is 5.35. The minimum atomic E-state index is -1.10. The molecule has 1 aliphatic carbocycles. The molecule has 2 heterocycles. The molecule has 4 rings (SSSR count). The first kappa shape index (κ1) is 22.5. The fourth-order valence-corrected chi connectivity index (χ4v) is 4.62. The second-order valence-electron chi connectivity index (χ2n) is 10.4. The van der Waals surface area contributed by atoms with Crippen LogP contribution in [0.25, 0.3) is 0 Å². The van der Waals surface area contributed by atoms with Crippen LogP contribution < -0.4 is 5.32 Å². The zero-order valence-corrected chi connectivity index (χ0v) is 19.4. The van der Waals surface area contributed by atoms with Crippen LogP contribution in [0.1, 0.15) is 81.5 Å². The van der Waals surface area contributed by atoms with Gasteiger partial charge in [-0.15, -0.1) is 0 Å². The van der Waals surface area contributed by atoms with Gasteiger partial charge >= 0.3 is 0 Å². The van der Waals surface area contributed by atoms with E-state index < -0.39 is 5.54 Å². The number of aromatic nitrogens is 2. The van der Waals surface area contributed by atoms with Crippen LogP contribution in [0.2, 0.25) is 0 Å². The van der Waals surface area contributed by atoms with Gasteiger partial charge in [0.1, 0.15) is 17.1 Å². The average Bonchev–Trinajstić information content (AvgIpc) is 3.18. The molecule has 1 fully saturated rings. The van der Waals surface area contributed by atoms with Gasteiger partial charge in [0.15, 0.2) is 0 Å². The van der Waals surface area contributed by atoms with Crippen molar-refractivity contribution in [3.8, 4) is 0 Å². The molecular formula is C25H33FN4O2. The highest BCUT2D eigenvalue weighted by Gasteiger charge is 2.48. The fraction of sp³-hybridized carbons (Fsp3) is 0.560. The second kappa shape index (κ2) is 8.34. The predicted octanol–water partition coefficient (Wildman–Crippen LogP) is 4.18. The van der Waals surface area contributed by atoms with Crippen LogP contribution in [0.5, 0.6) is 0 Å². The highest BCUT2D eigenvalue weighted by Crippen LogP contribution is 2.32. The topological polar surface area (TPSA) is 67.2 Å². The lowest BCUT2D eigenvalue weighted by atomic mass is 9.90. The second-order valence-corrected chi connectivity index (χ2v) is 10.4. The largest absolute Gasteiger partial charge is 0.351 e. The van der Waals surface area contributed by atoms with Gasteiger partial charge in [-0.3, -0.25) is 14.3 Å². The van der Waals surface area contributed by atoms with Crippen molar-refractivity contribution in [1.29, 1.82) is 0 Å². The van der Waals surface area contributed by atoms with E-state index in [9.17, 15) is 14.0 Å². The van der Waals surface area contributed by atoms with Gasteiger partial charge in [0, 0.05) is 18.0 Å². The van der Waals surface area contributed by atoms with E-state index in [1.54, 1.807) is 21.7 Å². The molecule has 1 saturated carbocycles. The molecule has 2 amide bonds. The summed E-state index contributed by atoms with van der Waals surface area (Å²) in [6, 6.07) is 8.05. The van der Waals surface area contributed by atoms with E-state index in [0.717, 1.165) is 36.9 Å². The van der Waals surface area contributed by atoms with Crippen molar-refractivity contribution in [3.05, 3.63) is 53.1 Å². The molecular weight excluding hydrogens is 407 g/mol. The fourth-order valence-electron chi connectivity index (χ4n) is 4.62. The van der Waals surface area contributed by atoms with Gasteiger partial charge < -0.3 is 10.2 Å². The summed E-state index contributed by atoms with van der Waals surface area (Å²) in [5.74, 6) is -0.715. The number of carbonyl (C=O) groups is 2. The summed E-state index contributed by atoms with van der Waals surface area (Å²) in [7, 11) is 0. The number of amides is 2.